The Bertz CT molecular complexity index is 834. The second-order valence-corrected chi connectivity index (χ2v) is 5.04. The van der Waals surface area contributed by atoms with E-state index in [0.29, 0.717) is 35.0 Å². The van der Waals surface area contributed by atoms with E-state index in [1.807, 2.05) is 13.0 Å². The van der Waals surface area contributed by atoms with Crippen molar-refractivity contribution in [3.8, 4) is 23.3 Å². The van der Waals surface area contributed by atoms with Gasteiger partial charge in [0.25, 0.3) is 0 Å². The Morgan fingerprint density at radius 2 is 1.80 bits per heavy atom. The monoisotopic (exact) mass is 337 g/mol. The lowest BCUT2D eigenvalue weighted by molar-refractivity contribution is 0.103. The van der Waals surface area contributed by atoms with E-state index in [-0.39, 0.29) is 5.57 Å². The van der Waals surface area contributed by atoms with E-state index < -0.39 is 5.78 Å². The van der Waals surface area contributed by atoms with Crippen molar-refractivity contribution in [2.75, 3.05) is 20.8 Å². The van der Waals surface area contributed by atoms with Gasteiger partial charge in [0.2, 0.25) is 5.78 Å². The number of ketones is 1. The Hall–Kier alpha value is -3.26. The molecule has 0 unspecified atom stereocenters. The Morgan fingerprint density at radius 1 is 1.08 bits per heavy atom. The van der Waals surface area contributed by atoms with Crippen LogP contribution in [0.5, 0.6) is 17.2 Å². The zero-order valence-electron chi connectivity index (χ0n) is 14.4. The van der Waals surface area contributed by atoms with Gasteiger partial charge in [0.15, 0.2) is 11.5 Å². The molecule has 0 saturated carbocycles. The summed E-state index contributed by atoms with van der Waals surface area (Å²) in [5.41, 5.74) is 1.03. The number of carbonyl (C=O) groups is 1. The van der Waals surface area contributed by atoms with Gasteiger partial charge in [-0.15, -0.1) is 0 Å². The minimum absolute atomic E-state index is 0.0112. The highest BCUT2D eigenvalue weighted by Crippen LogP contribution is 2.29. The average molecular weight is 337 g/mol. The number of nitriles is 1. The normalized spacial score (nSPS) is 10.7. The third kappa shape index (κ3) is 4.18. The number of carbonyl (C=O) groups excluding carboxylic acids is 1. The first kappa shape index (κ1) is 18.1. The lowest BCUT2D eigenvalue weighted by atomic mass is 10.0. The van der Waals surface area contributed by atoms with Crippen molar-refractivity contribution in [1.82, 2.24) is 0 Å². The third-order valence-electron chi connectivity index (χ3n) is 3.52. The van der Waals surface area contributed by atoms with E-state index in [4.69, 9.17) is 14.2 Å². The molecule has 5 heteroatoms. The van der Waals surface area contributed by atoms with Crippen LogP contribution in [0.2, 0.25) is 0 Å². The van der Waals surface area contributed by atoms with E-state index in [2.05, 4.69) is 0 Å². The van der Waals surface area contributed by atoms with Gasteiger partial charge in [-0.2, -0.15) is 5.26 Å². The maximum absolute atomic E-state index is 12.7. The average Bonchev–Trinajstić information content (AvgIpc) is 2.66. The van der Waals surface area contributed by atoms with Crippen molar-refractivity contribution in [2.45, 2.75) is 6.92 Å². The van der Waals surface area contributed by atoms with Crippen LogP contribution < -0.4 is 14.2 Å². The molecule has 0 aliphatic carbocycles. The van der Waals surface area contributed by atoms with Gasteiger partial charge >= 0.3 is 0 Å². The second-order valence-electron chi connectivity index (χ2n) is 5.04. The topological polar surface area (TPSA) is 68.5 Å². The zero-order valence-corrected chi connectivity index (χ0v) is 14.4. The number of rotatable bonds is 7. The molecule has 0 N–H and O–H groups in total. The summed E-state index contributed by atoms with van der Waals surface area (Å²) in [7, 11) is 3.04. The molecule has 0 atom stereocenters. The molecular formula is C20H19NO4. The number of Topliss-reactive ketones (excluding diaryl/α,β-unsaturated/α-hetero) is 1. The van der Waals surface area contributed by atoms with Crippen molar-refractivity contribution in [2.24, 2.45) is 0 Å². The van der Waals surface area contributed by atoms with E-state index >= 15 is 0 Å². The predicted molar refractivity (Wildman–Crippen MR) is 95.1 cm³/mol. The van der Waals surface area contributed by atoms with Gasteiger partial charge in [-0.1, -0.05) is 18.2 Å². The van der Waals surface area contributed by atoms with Crippen LogP contribution in [0.25, 0.3) is 6.08 Å². The molecule has 2 aromatic carbocycles. The maximum atomic E-state index is 12.7. The second kappa shape index (κ2) is 8.55. The number of methoxy groups -OCH3 is 2. The van der Waals surface area contributed by atoms with Crippen molar-refractivity contribution in [3.63, 3.8) is 0 Å². The molecule has 0 aliphatic heterocycles. The Kier molecular flexibility index (Phi) is 6.19. The molecule has 2 aromatic rings. The van der Waals surface area contributed by atoms with Crippen LogP contribution >= 0.6 is 0 Å². The highest BCUT2D eigenvalue weighted by molar-refractivity contribution is 6.15. The van der Waals surface area contributed by atoms with E-state index in [1.54, 1.807) is 49.6 Å². The molecule has 0 bridgehead atoms. The fraction of sp³-hybridized carbons (Fsp3) is 0.200. The number of hydrogen-bond acceptors (Lipinski definition) is 5. The quantitative estimate of drug-likeness (QED) is 0.435. The fourth-order valence-corrected chi connectivity index (χ4v) is 2.34. The lowest BCUT2D eigenvalue weighted by Crippen LogP contribution is -2.04. The number of allylic oxidation sites excluding steroid dienone is 1. The number of para-hydroxylation sites is 1. The molecule has 5 nitrogen and oxygen atoms in total. The van der Waals surface area contributed by atoms with Crippen LogP contribution in [0.1, 0.15) is 22.8 Å². The zero-order chi connectivity index (χ0) is 18.2. The molecule has 0 spiro atoms. The molecular weight excluding hydrogens is 318 g/mol. The molecule has 0 aromatic heterocycles. The number of nitrogens with zero attached hydrogens (tertiary/aromatic N) is 1. The van der Waals surface area contributed by atoms with Gasteiger partial charge in [0.05, 0.1) is 26.4 Å². The van der Waals surface area contributed by atoms with Crippen LogP contribution in [-0.4, -0.2) is 26.6 Å². The summed E-state index contributed by atoms with van der Waals surface area (Å²) >= 11 is 0. The molecule has 0 aliphatic rings. The van der Waals surface area contributed by atoms with E-state index in [1.165, 1.54) is 13.2 Å². The van der Waals surface area contributed by atoms with Crippen molar-refractivity contribution < 1.29 is 19.0 Å². The SMILES string of the molecule is CCOc1cc(/C=C(\C#N)C(=O)c2ccccc2OC)ccc1OC. The van der Waals surface area contributed by atoms with Gasteiger partial charge in [-0.05, 0) is 42.8 Å². The van der Waals surface area contributed by atoms with Gasteiger partial charge in [-0.25, -0.2) is 0 Å². The van der Waals surface area contributed by atoms with Crippen LogP contribution in [0.15, 0.2) is 48.0 Å². The van der Waals surface area contributed by atoms with Crippen molar-refractivity contribution in [1.29, 1.82) is 5.26 Å². The number of benzene rings is 2. The van der Waals surface area contributed by atoms with Gasteiger partial charge in [-0.3, -0.25) is 4.79 Å². The highest BCUT2D eigenvalue weighted by Gasteiger charge is 2.16. The molecule has 0 saturated heterocycles. The van der Waals surface area contributed by atoms with Crippen molar-refractivity contribution in [3.05, 3.63) is 59.2 Å². The molecule has 0 fully saturated rings. The molecule has 128 valence electrons. The third-order valence-corrected chi connectivity index (χ3v) is 3.52. The van der Waals surface area contributed by atoms with Crippen molar-refractivity contribution >= 4 is 11.9 Å². The van der Waals surface area contributed by atoms with E-state index in [9.17, 15) is 10.1 Å². The summed E-state index contributed by atoms with van der Waals surface area (Å²) in [5, 5.41) is 9.42. The molecule has 0 radical (unpaired) electrons. The first-order chi connectivity index (χ1) is 12.1. The number of hydrogen-bond donors (Lipinski definition) is 0. The fourth-order valence-electron chi connectivity index (χ4n) is 2.34. The van der Waals surface area contributed by atoms with Crippen LogP contribution in [-0.2, 0) is 0 Å². The highest BCUT2D eigenvalue weighted by atomic mass is 16.5. The van der Waals surface area contributed by atoms with Gasteiger partial charge in [0.1, 0.15) is 17.4 Å². The van der Waals surface area contributed by atoms with Crippen LogP contribution in [0.4, 0.5) is 0 Å². The summed E-state index contributed by atoms with van der Waals surface area (Å²) < 4.78 is 16.0. The van der Waals surface area contributed by atoms with Crippen LogP contribution in [0, 0.1) is 11.3 Å². The largest absolute Gasteiger partial charge is 0.496 e. The summed E-state index contributed by atoms with van der Waals surface area (Å²) in [4.78, 5) is 12.7. The minimum Gasteiger partial charge on any atom is -0.496 e. The van der Waals surface area contributed by atoms with E-state index in [0.717, 1.165) is 0 Å². The Balaban J connectivity index is 2.42. The lowest BCUT2D eigenvalue weighted by Gasteiger charge is -2.10. The minimum atomic E-state index is -0.395. The summed E-state index contributed by atoms with van der Waals surface area (Å²) in [6.45, 7) is 2.35. The molecule has 0 amide bonds. The van der Waals surface area contributed by atoms with Gasteiger partial charge in [0, 0.05) is 0 Å². The molecule has 25 heavy (non-hydrogen) atoms. The summed E-state index contributed by atoms with van der Waals surface area (Å²) in [5.74, 6) is 1.18. The molecule has 0 heterocycles. The standard InChI is InChI=1S/C20H19NO4/c1-4-25-19-12-14(9-10-18(19)24-3)11-15(13-21)20(22)16-7-5-6-8-17(16)23-2/h5-12H,4H2,1-3H3/b15-11+. The maximum Gasteiger partial charge on any atom is 0.207 e. The number of ether oxygens (including phenoxy) is 3. The molecule has 2 rings (SSSR count). The summed E-state index contributed by atoms with van der Waals surface area (Å²) in [6.07, 6.45) is 1.52. The van der Waals surface area contributed by atoms with Crippen LogP contribution in [0.3, 0.4) is 0 Å². The van der Waals surface area contributed by atoms with Gasteiger partial charge < -0.3 is 14.2 Å². The smallest absolute Gasteiger partial charge is 0.207 e. The predicted octanol–water partition coefficient (Wildman–Crippen LogP) is 3.89. The summed E-state index contributed by atoms with van der Waals surface area (Å²) in [6, 6.07) is 14.0. The Morgan fingerprint density at radius 3 is 2.44 bits per heavy atom. The first-order valence-electron chi connectivity index (χ1n) is 7.75. The Labute approximate surface area is 147 Å². The first-order valence-corrected chi connectivity index (χ1v) is 7.75.